The van der Waals surface area contributed by atoms with Gasteiger partial charge in [-0.3, -0.25) is 9.69 Å². The first kappa shape index (κ1) is 17.3. The SMILES string of the molecule is CCN1CCO[C@@H](CNC(=O)c2[nH]ccc2C2CC2)[C@@H]1c1nccn1C. The molecule has 2 aliphatic rings. The van der Waals surface area contributed by atoms with E-state index in [-0.39, 0.29) is 18.1 Å². The van der Waals surface area contributed by atoms with Crippen molar-refractivity contribution < 1.29 is 9.53 Å². The Kier molecular flexibility index (Phi) is 4.82. The van der Waals surface area contributed by atoms with Crippen molar-refractivity contribution in [1.29, 1.82) is 0 Å². The molecule has 0 spiro atoms. The molecule has 2 atom stereocenters. The highest BCUT2D eigenvalue weighted by Crippen LogP contribution is 2.41. The molecule has 140 valence electrons. The van der Waals surface area contributed by atoms with Crippen molar-refractivity contribution in [3.63, 3.8) is 0 Å². The lowest BCUT2D eigenvalue weighted by Gasteiger charge is -2.40. The maximum Gasteiger partial charge on any atom is 0.268 e. The van der Waals surface area contributed by atoms with Gasteiger partial charge in [-0.25, -0.2) is 4.98 Å². The molecule has 7 nitrogen and oxygen atoms in total. The number of aromatic amines is 1. The number of aryl methyl sites for hydroxylation is 1. The van der Waals surface area contributed by atoms with Gasteiger partial charge < -0.3 is 19.6 Å². The maximum absolute atomic E-state index is 12.7. The van der Waals surface area contributed by atoms with Crippen LogP contribution in [0.3, 0.4) is 0 Å². The van der Waals surface area contributed by atoms with Gasteiger partial charge in [-0.05, 0) is 36.9 Å². The summed E-state index contributed by atoms with van der Waals surface area (Å²) >= 11 is 0. The molecule has 2 N–H and O–H groups in total. The number of likely N-dealkylation sites (N-methyl/N-ethyl adjacent to an activating group) is 1. The number of carbonyl (C=O) groups excluding carboxylic acids is 1. The first-order valence-corrected chi connectivity index (χ1v) is 9.47. The average molecular weight is 357 g/mol. The van der Waals surface area contributed by atoms with Gasteiger partial charge in [0.15, 0.2) is 0 Å². The largest absolute Gasteiger partial charge is 0.373 e. The summed E-state index contributed by atoms with van der Waals surface area (Å²) < 4.78 is 8.07. The number of rotatable bonds is 6. The zero-order valence-corrected chi connectivity index (χ0v) is 15.4. The quantitative estimate of drug-likeness (QED) is 0.827. The van der Waals surface area contributed by atoms with Gasteiger partial charge in [0, 0.05) is 38.7 Å². The van der Waals surface area contributed by atoms with Crippen LogP contribution in [0.5, 0.6) is 0 Å². The summed E-state index contributed by atoms with van der Waals surface area (Å²) in [7, 11) is 2.00. The van der Waals surface area contributed by atoms with Crippen molar-refractivity contribution in [2.24, 2.45) is 7.05 Å². The number of amides is 1. The van der Waals surface area contributed by atoms with E-state index < -0.39 is 0 Å². The molecule has 2 aromatic rings. The number of ether oxygens (including phenoxy) is 1. The summed E-state index contributed by atoms with van der Waals surface area (Å²) in [5, 5.41) is 3.07. The smallest absolute Gasteiger partial charge is 0.268 e. The van der Waals surface area contributed by atoms with E-state index in [9.17, 15) is 4.79 Å². The van der Waals surface area contributed by atoms with E-state index in [2.05, 4.69) is 27.1 Å². The van der Waals surface area contributed by atoms with Crippen LogP contribution in [0, 0.1) is 0 Å². The van der Waals surface area contributed by atoms with E-state index in [4.69, 9.17) is 4.74 Å². The Bertz CT molecular complexity index is 764. The molecule has 0 radical (unpaired) electrons. The molecule has 1 amide bonds. The second-order valence-electron chi connectivity index (χ2n) is 7.17. The third-order valence-electron chi connectivity index (χ3n) is 5.47. The van der Waals surface area contributed by atoms with Crippen LogP contribution in [-0.4, -0.2) is 57.7 Å². The molecule has 4 rings (SSSR count). The van der Waals surface area contributed by atoms with Gasteiger partial charge in [0.05, 0.1) is 18.8 Å². The Morgan fingerprint density at radius 3 is 3.00 bits per heavy atom. The number of nitrogens with one attached hydrogen (secondary N) is 2. The summed E-state index contributed by atoms with van der Waals surface area (Å²) in [5.41, 5.74) is 1.84. The van der Waals surface area contributed by atoms with Crippen molar-refractivity contribution in [1.82, 2.24) is 24.8 Å². The van der Waals surface area contributed by atoms with Crippen LogP contribution in [0.15, 0.2) is 24.7 Å². The van der Waals surface area contributed by atoms with Crippen LogP contribution in [-0.2, 0) is 11.8 Å². The number of hydrogen-bond donors (Lipinski definition) is 2. The molecule has 0 unspecified atom stereocenters. The van der Waals surface area contributed by atoms with Gasteiger partial charge in [0.1, 0.15) is 11.5 Å². The van der Waals surface area contributed by atoms with Crippen LogP contribution in [0.2, 0.25) is 0 Å². The molecule has 1 aliphatic carbocycles. The van der Waals surface area contributed by atoms with Gasteiger partial charge in [0.2, 0.25) is 0 Å². The Morgan fingerprint density at radius 2 is 2.31 bits per heavy atom. The number of hydrogen-bond acceptors (Lipinski definition) is 4. The van der Waals surface area contributed by atoms with Crippen LogP contribution in [0.1, 0.15) is 53.6 Å². The summed E-state index contributed by atoms with van der Waals surface area (Å²) in [4.78, 5) is 22.7. The van der Waals surface area contributed by atoms with Crippen molar-refractivity contribution in [2.75, 3.05) is 26.2 Å². The van der Waals surface area contributed by atoms with Gasteiger partial charge in [0.25, 0.3) is 5.91 Å². The summed E-state index contributed by atoms with van der Waals surface area (Å²) in [6.45, 7) is 5.09. The molecule has 1 saturated heterocycles. The predicted octanol–water partition coefficient (Wildman–Crippen LogP) is 1.82. The number of nitrogens with zero attached hydrogens (tertiary/aromatic N) is 3. The fourth-order valence-electron chi connectivity index (χ4n) is 3.90. The van der Waals surface area contributed by atoms with Gasteiger partial charge in [-0.2, -0.15) is 0 Å². The van der Waals surface area contributed by atoms with E-state index in [0.29, 0.717) is 24.8 Å². The minimum atomic E-state index is -0.118. The number of carbonyl (C=O) groups is 1. The fourth-order valence-corrected chi connectivity index (χ4v) is 3.90. The molecule has 2 aromatic heterocycles. The lowest BCUT2D eigenvalue weighted by atomic mass is 10.1. The van der Waals surface area contributed by atoms with Gasteiger partial charge in [-0.1, -0.05) is 6.92 Å². The minimum absolute atomic E-state index is 0.0422. The van der Waals surface area contributed by atoms with E-state index in [0.717, 1.165) is 24.5 Å². The fraction of sp³-hybridized carbons (Fsp3) is 0.579. The Hall–Kier alpha value is -2.12. The van der Waals surface area contributed by atoms with Crippen LogP contribution < -0.4 is 5.32 Å². The number of imidazole rings is 1. The molecule has 1 saturated carbocycles. The first-order chi connectivity index (χ1) is 12.7. The summed E-state index contributed by atoms with van der Waals surface area (Å²) in [6, 6.07) is 2.07. The zero-order chi connectivity index (χ0) is 18.1. The Morgan fingerprint density at radius 1 is 1.46 bits per heavy atom. The van der Waals surface area contributed by atoms with Crippen LogP contribution in [0.4, 0.5) is 0 Å². The van der Waals surface area contributed by atoms with Gasteiger partial charge in [-0.15, -0.1) is 0 Å². The molecular formula is C19H27N5O2. The van der Waals surface area contributed by atoms with Crippen molar-refractivity contribution in [3.8, 4) is 0 Å². The second kappa shape index (κ2) is 7.25. The molecule has 26 heavy (non-hydrogen) atoms. The van der Waals surface area contributed by atoms with Crippen LogP contribution >= 0.6 is 0 Å². The molecular weight excluding hydrogens is 330 g/mol. The molecule has 7 heteroatoms. The highest BCUT2D eigenvalue weighted by Gasteiger charge is 2.36. The molecule has 2 fully saturated rings. The zero-order valence-electron chi connectivity index (χ0n) is 15.4. The van der Waals surface area contributed by atoms with Crippen LogP contribution in [0.25, 0.3) is 0 Å². The lowest BCUT2D eigenvalue weighted by Crippen LogP contribution is -2.50. The van der Waals surface area contributed by atoms with E-state index in [1.165, 1.54) is 12.8 Å². The van der Waals surface area contributed by atoms with E-state index >= 15 is 0 Å². The van der Waals surface area contributed by atoms with E-state index in [1.54, 1.807) is 0 Å². The second-order valence-corrected chi connectivity index (χ2v) is 7.17. The number of aromatic nitrogens is 3. The first-order valence-electron chi connectivity index (χ1n) is 9.47. The third-order valence-corrected chi connectivity index (χ3v) is 5.47. The normalized spacial score (nSPS) is 23.9. The van der Waals surface area contributed by atoms with Gasteiger partial charge >= 0.3 is 0 Å². The molecule has 3 heterocycles. The third kappa shape index (κ3) is 3.29. The maximum atomic E-state index is 12.7. The van der Waals surface area contributed by atoms with Crippen molar-refractivity contribution >= 4 is 5.91 Å². The Balaban J connectivity index is 1.47. The van der Waals surface area contributed by atoms with E-state index in [1.807, 2.05) is 36.3 Å². The topological polar surface area (TPSA) is 75.2 Å². The minimum Gasteiger partial charge on any atom is -0.373 e. The highest BCUT2D eigenvalue weighted by molar-refractivity contribution is 5.94. The molecule has 0 aromatic carbocycles. The average Bonchev–Trinajstić information content (AvgIpc) is 3.22. The monoisotopic (exact) mass is 357 g/mol. The van der Waals surface area contributed by atoms with Crippen molar-refractivity contribution in [2.45, 2.75) is 37.8 Å². The standard InChI is InChI=1S/C19H27N5O2/c1-3-24-10-11-26-15(17(24)18-21-8-9-23(18)2)12-22-19(25)16-14(6-7-20-16)13-4-5-13/h6-9,13,15,17,20H,3-5,10-12H2,1-2H3,(H,22,25)/t15-,17+/m0/s1. The number of H-pyrrole nitrogens is 1. The molecule has 1 aliphatic heterocycles. The molecule has 0 bridgehead atoms. The predicted molar refractivity (Wildman–Crippen MR) is 98.0 cm³/mol. The Labute approximate surface area is 153 Å². The summed E-state index contributed by atoms with van der Waals surface area (Å²) in [6.07, 6.45) is 7.86. The number of morpholine rings is 1. The lowest BCUT2D eigenvalue weighted by molar-refractivity contribution is -0.0720. The summed E-state index contributed by atoms with van der Waals surface area (Å²) in [5.74, 6) is 1.47. The highest BCUT2D eigenvalue weighted by atomic mass is 16.5. The van der Waals surface area contributed by atoms with Crippen molar-refractivity contribution in [3.05, 3.63) is 41.7 Å².